The molecule has 0 atom stereocenters. The lowest BCUT2D eigenvalue weighted by Crippen LogP contribution is -2.22. The van der Waals surface area contributed by atoms with Crippen LogP contribution in [0.2, 0.25) is 0 Å². The zero-order chi connectivity index (χ0) is 13.5. The van der Waals surface area contributed by atoms with Crippen LogP contribution in [0, 0.1) is 5.92 Å². The van der Waals surface area contributed by atoms with Gasteiger partial charge in [0.2, 0.25) is 0 Å². The molecule has 1 aliphatic rings. The Morgan fingerprint density at radius 2 is 1.89 bits per heavy atom. The van der Waals surface area contributed by atoms with E-state index < -0.39 is 0 Å². The van der Waals surface area contributed by atoms with E-state index in [1.807, 2.05) is 0 Å². The predicted octanol–water partition coefficient (Wildman–Crippen LogP) is 2.99. The third-order valence-corrected chi connectivity index (χ3v) is 3.46. The number of ether oxygens (including phenoxy) is 2. The Labute approximate surface area is 116 Å². The van der Waals surface area contributed by atoms with Gasteiger partial charge in [-0.3, -0.25) is 0 Å². The molecule has 0 saturated carbocycles. The van der Waals surface area contributed by atoms with Crippen LogP contribution in [0.1, 0.15) is 32.3 Å². The van der Waals surface area contributed by atoms with Gasteiger partial charge >= 0.3 is 0 Å². The Hall–Kier alpha value is -1.06. The van der Waals surface area contributed by atoms with E-state index in [4.69, 9.17) is 9.47 Å². The molecule has 3 nitrogen and oxygen atoms in total. The number of nitrogens with one attached hydrogen (secondary N) is 1. The molecule has 1 aromatic carbocycles. The molecule has 1 aliphatic heterocycles. The lowest BCUT2D eigenvalue weighted by atomic mass is 10.0. The van der Waals surface area contributed by atoms with E-state index in [-0.39, 0.29) is 0 Å². The van der Waals surface area contributed by atoms with Crippen LogP contribution in [-0.4, -0.2) is 25.9 Å². The van der Waals surface area contributed by atoms with Gasteiger partial charge < -0.3 is 14.8 Å². The Morgan fingerprint density at radius 3 is 2.53 bits per heavy atom. The summed E-state index contributed by atoms with van der Waals surface area (Å²) < 4.78 is 11.2. The van der Waals surface area contributed by atoms with Gasteiger partial charge in [-0.1, -0.05) is 26.0 Å². The highest BCUT2D eigenvalue weighted by Crippen LogP contribution is 2.18. The number of hydrogen-bond donors (Lipinski definition) is 1. The third-order valence-electron chi connectivity index (χ3n) is 3.46. The van der Waals surface area contributed by atoms with Gasteiger partial charge in [-0.15, -0.1) is 0 Å². The van der Waals surface area contributed by atoms with E-state index in [2.05, 4.69) is 43.4 Å². The lowest BCUT2D eigenvalue weighted by Gasteiger charge is -2.22. The van der Waals surface area contributed by atoms with E-state index in [1.165, 1.54) is 5.56 Å². The van der Waals surface area contributed by atoms with Crippen molar-refractivity contribution in [1.29, 1.82) is 0 Å². The summed E-state index contributed by atoms with van der Waals surface area (Å²) in [6, 6.07) is 8.92. The van der Waals surface area contributed by atoms with Crippen LogP contribution in [0.4, 0.5) is 0 Å². The quantitative estimate of drug-likeness (QED) is 0.856. The van der Waals surface area contributed by atoms with Crippen molar-refractivity contribution in [1.82, 2.24) is 5.32 Å². The summed E-state index contributed by atoms with van der Waals surface area (Å²) in [4.78, 5) is 0. The Morgan fingerprint density at radius 1 is 1.21 bits per heavy atom. The van der Waals surface area contributed by atoms with Gasteiger partial charge in [0.25, 0.3) is 0 Å². The van der Waals surface area contributed by atoms with Crippen LogP contribution in [0.25, 0.3) is 0 Å². The van der Waals surface area contributed by atoms with Crippen molar-refractivity contribution in [2.75, 3.05) is 19.8 Å². The Balaban J connectivity index is 1.74. The van der Waals surface area contributed by atoms with E-state index in [0.717, 1.165) is 45.0 Å². The van der Waals surface area contributed by atoms with Gasteiger partial charge in [0.1, 0.15) is 5.75 Å². The second kappa shape index (κ2) is 7.51. The standard InChI is InChI=1S/C16H25NO2/c1-13(2)17-11-14-3-5-16(6-4-14)19-12-15-7-9-18-10-8-15/h3-6,13,15,17H,7-12H2,1-2H3. The van der Waals surface area contributed by atoms with Crippen LogP contribution in [0.5, 0.6) is 5.75 Å². The monoisotopic (exact) mass is 263 g/mol. The molecule has 3 heteroatoms. The molecule has 0 aliphatic carbocycles. The molecule has 0 radical (unpaired) electrons. The summed E-state index contributed by atoms with van der Waals surface area (Å²) in [6.07, 6.45) is 2.24. The van der Waals surface area contributed by atoms with Gasteiger partial charge in [0, 0.05) is 25.8 Å². The van der Waals surface area contributed by atoms with Crippen LogP contribution in [0.15, 0.2) is 24.3 Å². The summed E-state index contributed by atoms with van der Waals surface area (Å²) in [5, 5.41) is 3.41. The molecule has 1 N–H and O–H groups in total. The maximum atomic E-state index is 5.85. The highest BCUT2D eigenvalue weighted by molar-refractivity contribution is 5.27. The molecule has 106 valence electrons. The second-order valence-electron chi connectivity index (χ2n) is 5.55. The first-order valence-corrected chi connectivity index (χ1v) is 7.27. The van der Waals surface area contributed by atoms with Gasteiger partial charge in [-0.05, 0) is 36.5 Å². The van der Waals surface area contributed by atoms with Crippen LogP contribution < -0.4 is 10.1 Å². The lowest BCUT2D eigenvalue weighted by molar-refractivity contribution is 0.0497. The fraction of sp³-hybridized carbons (Fsp3) is 0.625. The topological polar surface area (TPSA) is 30.5 Å². The molecule has 0 spiro atoms. The highest BCUT2D eigenvalue weighted by atomic mass is 16.5. The van der Waals surface area contributed by atoms with E-state index in [9.17, 15) is 0 Å². The molecule has 1 saturated heterocycles. The molecule has 0 aromatic heterocycles. The normalized spacial score (nSPS) is 16.8. The minimum absolute atomic E-state index is 0.518. The highest BCUT2D eigenvalue weighted by Gasteiger charge is 2.14. The SMILES string of the molecule is CC(C)NCc1ccc(OCC2CCOCC2)cc1. The second-order valence-corrected chi connectivity index (χ2v) is 5.55. The number of hydrogen-bond acceptors (Lipinski definition) is 3. The Bertz CT molecular complexity index is 356. The molecule has 0 bridgehead atoms. The maximum Gasteiger partial charge on any atom is 0.119 e. The van der Waals surface area contributed by atoms with Crippen LogP contribution in [0.3, 0.4) is 0 Å². The van der Waals surface area contributed by atoms with Crippen molar-refractivity contribution in [2.45, 2.75) is 39.3 Å². The average molecular weight is 263 g/mol. The summed E-state index contributed by atoms with van der Waals surface area (Å²) in [5.74, 6) is 1.62. The first-order chi connectivity index (χ1) is 9.24. The maximum absolute atomic E-state index is 5.85. The smallest absolute Gasteiger partial charge is 0.119 e. The first kappa shape index (κ1) is 14.4. The number of rotatable bonds is 6. The molecule has 19 heavy (non-hydrogen) atoms. The van der Waals surface area contributed by atoms with Crippen LogP contribution in [-0.2, 0) is 11.3 Å². The van der Waals surface area contributed by atoms with E-state index in [0.29, 0.717) is 12.0 Å². The van der Waals surface area contributed by atoms with Crippen molar-refractivity contribution in [2.24, 2.45) is 5.92 Å². The molecular formula is C16H25NO2. The fourth-order valence-corrected chi connectivity index (χ4v) is 2.15. The fourth-order valence-electron chi connectivity index (χ4n) is 2.15. The molecule has 2 rings (SSSR count). The molecule has 0 unspecified atom stereocenters. The summed E-state index contributed by atoms with van der Waals surface area (Å²) in [7, 11) is 0. The van der Waals surface area contributed by atoms with Crippen molar-refractivity contribution < 1.29 is 9.47 Å². The summed E-state index contributed by atoms with van der Waals surface area (Å²) in [6.45, 7) is 7.81. The van der Waals surface area contributed by atoms with Crippen molar-refractivity contribution in [3.05, 3.63) is 29.8 Å². The van der Waals surface area contributed by atoms with Crippen molar-refractivity contribution in [3.8, 4) is 5.75 Å². The molecule has 1 fully saturated rings. The first-order valence-electron chi connectivity index (χ1n) is 7.27. The van der Waals surface area contributed by atoms with Gasteiger partial charge in [-0.2, -0.15) is 0 Å². The van der Waals surface area contributed by atoms with Gasteiger partial charge in [0.05, 0.1) is 6.61 Å². The predicted molar refractivity (Wildman–Crippen MR) is 77.5 cm³/mol. The molecule has 1 heterocycles. The van der Waals surface area contributed by atoms with Gasteiger partial charge in [0.15, 0.2) is 0 Å². The zero-order valence-electron chi connectivity index (χ0n) is 12.0. The zero-order valence-corrected chi connectivity index (χ0v) is 12.0. The van der Waals surface area contributed by atoms with Crippen LogP contribution >= 0.6 is 0 Å². The minimum atomic E-state index is 0.518. The average Bonchev–Trinajstić information content (AvgIpc) is 2.45. The summed E-state index contributed by atoms with van der Waals surface area (Å²) in [5.41, 5.74) is 1.30. The largest absolute Gasteiger partial charge is 0.493 e. The number of benzene rings is 1. The summed E-state index contributed by atoms with van der Waals surface area (Å²) >= 11 is 0. The van der Waals surface area contributed by atoms with Gasteiger partial charge in [-0.25, -0.2) is 0 Å². The molecule has 0 amide bonds. The third kappa shape index (κ3) is 5.21. The van der Waals surface area contributed by atoms with E-state index in [1.54, 1.807) is 0 Å². The van der Waals surface area contributed by atoms with E-state index >= 15 is 0 Å². The Kier molecular flexibility index (Phi) is 5.67. The van der Waals surface area contributed by atoms with Crippen molar-refractivity contribution >= 4 is 0 Å². The minimum Gasteiger partial charge on any atom is -0.493 e. The molecule has 1 aromatic rings. The van der Waals surface area contributed by atoms with Crippen molar-refractivity contribution in [3.63, 3.8) is 0 Å². The molecular weight excluding hydrogens is 238 g/mol.